The maximum Gasteiger partial charge on any atom is 0.270 e. The predicted molar refractivity (Wildman–Crippen MR) is 137 cm³/mol. The van der Waals surface area contributed by atoms with Crippen molar-refractivity contribution in [1.82, 2.24) is 25.5 Å². The third kappa shape index (κ3) is 4.51. The Hall–Kier alpha value is -4.66. The van der Waals surface area contributed by atoms with Gasteiger partial charge in [-0.15, -0.1) is 0 Å². The van der Waals surface area contributed by atoms with Gasteiger partial charge in [0, 0.05) is 55.1 Å². The third-order valence-corrected chi connectivity index (χ3v) is 6.96. The van der Waals surface area contributed by atoms with Crippen LogP contribution in [0.15, 0.2) is 77.0 Å². The normalized spacial score (nSPS) is 20.5. The molecule has 2 aliphatic rings. The van der Waals surface area contributed by atoms with Crippen molar-refractivity contribution < 1.29 is 18.8 Å². The molecule has 3 atom stereocenters. The topological polar surface area (TPSA) is 120 Å². The molecule has 9 nitrogen and oxygen atoms in total. The van der Waals surface area contributed by atoms with Gasteiger partial charge in [-0.2, -0.15) is 0 Å². The highest BCUT2D eigenvalue weighted by Gasteiger charge is 2.57. The minimum atomic E-state index is -0.327. The first-order valence-corrected chi connectivity index (χ1v) is 12.1. The molecule has 9 heteroatoms. The number of nitrogens with one attached hydrogen (secondary N) is 3. The number of carbonyl (C=O) groups excluding carboxylic acids is 3. The number of rotatable bonds is 6. The second-order valence-electron chi connectivity index (χ2n) is 9.47. The van der Waals surface area contributed by atoms with Crippen molar-refractivity contribution in [3.63, 3.8) is 0 Å². The van der Waals surface area contributed by atoms with Crippen molar-refractivity contribution in [2.24, 2.45) is 11.8 Å². The van der Waals surface area contributed by atoms with Crippen LogP contribution in [0.1, 0.15) is 23.0 Å². The molecule has 2 fully saturated rings. The summed E-state index contributed by atoms with van der Waals surface area (Å²) in [7, 11) is 0. The Kier molecular flexibility index (Phi) is 5.60. The van der Waals surface area contributed by atoms with Crippen LogP contribution in [0, 0.1) is 11.8 Å². The Balaban J connectivity index is 1.06. The number of imidazole rings is 1. The summed E-state index contributed by atoms with van der Waals surface area (Å²) >= 11 is 0. The first kappa shape index (κ1) is 22.8. The van der Waals surface area contributed by atoms with E-state index >= 15 is 0 Å². The highest BCUT2D eigenvalue weighted by Crippen LogP contribution is 2.46. The van der Waals surface area contributed by atoms with E-state index in [0.29, 0.717) is 24.4 Å². The maximum atomic E-state index is 13.0. The van der Waals surface area contributed by atoms with E-state index in [9.17, 15) is 14.4 Å². The molecular weight excluding hydrogens is 470 g/mol. The number of piperidine rings is 1. The molecule has 3 N–H and O–H groups in total. The zero-order chi connectivity index (χ0) is 25.5. The molecule has 1 aliphatic heterocycles. The summed E-state index contributed by atoms with van der Waals surface area (Å²) in [6.45, 7) is 2.41. The Labute approximate surface area is 212 Å². The van der Waals surface area contributed by atoms with Crippen LogP contribution in [0.25, 0.3) is 28.5 Å². The molecule has 1 saturated heterocycles. The zero-order valence-corrected chi connectivity index (χ0v) is 20.1. The highest BCUT2D eigenvalue weighted by atomic mass is 16.3. The number of aromatic amines is 1. The number of hydrogen-bond acceptors (Lipinski definition) is 5. The van der Waals surface area contributed by atoms with Crippen LogP contribution in [0.4, 0.5) is 0 Å². The molecule has 37 heavy (non-hydrogen) atoms. The molecule has 3 heterocycles. The van der Waals surface area contributed by atoms with E-state index in [4.69, 9.17) is 4.42 Å². The maximum absolute atomic E-state index is 13.0. The summed E-state index contributed by atoms with van der Waals surface area (Å²) in [5.74, 6) is 0.921. The van der Waals surface area contributed by atoms with E-state index < -0.39 is 0 Å². The van der Waals surface area contributed by atoms with Crippen LogP contribution >= 0.6 is 0 Å². The van der Waals surface area contributed by atoms with Crippen molar-refractivity contribution in [1.29, 1.82) is 0 Å². The minimum absolute atomic E-state index is 0.0323. The average molecular weight is 496 g/mol. The van der Waals surface area contributed by atoms with Crippen LogP contribution in [-0.4, -0.2) is 51.7 Å². The van der Waals surface area contributed by atoms with Gasteiger partial charge in [-0.25, -0.2) is 4.98 Å². The fourth-order valence-corrected chi connectivity index (χ4v) is 5.04. The monoisotopic (exact) mass is 495 g/mol. The number of hydrogen-bond donors (Lipinski definition) is 3. The third-order valence-electron chi connectivity index (χ3n) is 6.96. The summed E-state index contributed by atoms with van der Waals surface area (Å²) in [6.07, 6.45) is 3.04. The molecule has 6 rings (SSSR count). The van der Waals surface area contributed by atoms with Gasteiger partial charge in [0.2, 0.25) is 5.91 Å². The van der Waals surface area contributed by atoms with Gasteiger partial charge in [0.25, 0.3) is 11.8 Å². The van der Waals surface area contributed by atoms with E-state index in [1.165, 1.54) is 19.3 Å². The highest BCUT2D eigenvalue weighted by molar-refractivity contribution is 6.01. The number of furan rings is 1. The Bertz CT molecular complexity index is 1470. The second kappa shape index (κ2) is 9.09. The van der Waals surface area contributed by atoms with E-state index in [2.05, 4.69) is 20.6 Å². The van der Waals surface area contributed by atoms with Crippen molar-refractivity contribution in [3.8, 4) is 11.4 Å². The summed E-state index contributed by atoms with van der Waals surface area (Å²) in [6, 6.07) is 18.7. The van der Waals surface area contributed by atoms with Gasteiger partial charge in [0.05, 0.1) is 17.3 Å². The number of nitrogens with zero attached hydrogens (tertiary/aromatic N) is 2. The molecule has 0 radical (unpaired) electrons. The van der Waals surface area contributed by atoms with Crippen LogP contribution < -0.4 is 10.6 Å². The molecule has 4 aromatic rings. The molecule has 2 aromatic carbocycles. The quantitative estimate of drug-likeness (QED) is 0.355. The Morgan fingerprint density at radius 2 is 1.78 bits per heavy atom. The van der Waals surface area contributed by atoms with E-state index in [1.807, 2.05) is 36.4 Å². The summed E-state index contributed by atoms with van der Waals surface area (Å²) in [5.41, 5.74) is 3.52. The number of aromatic nitrogens is 2. The number of amides is 3. The number of fused-ring (bicyclic) bond motifs is 2. The summed E-state index contributed by atoms with van der Waals surface area (Å²) in [5, 5.41) is 5.72. The lowest BCUT2D eigenvalue weighted by atomic mass is 10.1. The Morgan fingerprint density at radius 1 is 1.03 bits per heavy atom. The van der Waals surface area contributed by atoms with Crippen molar-refractivity contribution in [2.45, 2.75) is 13.0 Å². The average Bonchev–Trinajstić information content (AvgIpc) is 3.41. The lowest BCUT2D eigenvalue weighted by molar-refractivity contribution is -0.128. The van der Waals surface area contributed by atoms with E-state index in [1.54, 1.807) is 29.2 Å². The molecule has 1 saturated carbocycles. The lowest BCUT2D eigenvalue weighted by Gasteiger charge is -2.22. The lowest BCUT2D eigenvalue weighted by Crippen LogP contribution is -2.40. The van der Waals surface area contributed by atoms with Crippen LogP contribution in [0.3, 0.4) is 0 Å². The number of likely N-dealkylation sites (tertiary alicyclic amines) is 1. The predicted octanol–water partition coefficient (Wildman–Crippen LogP) is 3.19. The van der Waals surface area contributed by atoms with Crippen LogP contribution in [0.5, 0.6) is 0 Å². The van der Waals surface area contributed by atoms with Gasteiger partial charge >= 0.3 is 0 Å². The SMILES string of the molecule is CC(=O)N/C(=C\c1ccco1)C(=O)N1C[C@@H]2C(NC(=O)c3ccc(-c4nc5ccccc5[nH]4)cc3)[C@@H]2C1. The Morgan fingerprint density at radius 3 is 2.46 bits per heavy atom. The molecule has 2 aromatic heterocycles. The largest absolute Gasteiger partial charge is 0.465 e. The number of H-pyrrole nitrogens is 1. The standard InChI is InChI=1S/C28H25N5O4/c1-16(34)29-24(13-19-5-4-12-37-19)28(36)33-14-20-21(15-33)25(20)32-27(35)18-10-8-17(9-11-18)26-30-22-6-2-3-7-23(22)31-26/h2-13,20-21,25H,14-15H2,1H3,(H,29,34)(H,30,31)(H,32,35)/b24-13-/t20-,21+,25?. The van der Waals surface area contributed by atoms with E-state index in [-0.39, 0.29) is 41.3 Å². The molecular formula is C28H25N5O4. The molecule has 1 aliphatic carbocycles. The molecule has 1 unspecified atom stereocenters. The number of carbonyl (C=O) groups is 3. The fraction of sp³-hybridized carbons (Fsp3) is 0.214. The second-order valence-corrected chi connectivity index (χ2v) is 9.47. The van der Waals surface area contributed by atoms with Crippen molar-refractivity contribution >= 4 is 34.8 Å². The van der Waals surface area contributed by atoms with Gasteiger partial charge < -0.3 is 24.9 Å². The number of para-hydroxylation sites is 2. The molecule has 3 amide bonds. The molecule has 0 spiro atoms. The van der Waals surface area contributed by atoms with Gasteiger partial charge in [0.1, 0.15) is 17.3 Å². The smallest absolute Gasteiger partial charge is 0.270 e. The van der Waals surface area contributed by atoms with Gasteiger partial charge in [-0.05, 0) is 36.4 Å². The van der Waals surface area contributed by atoms with Gasteiger partial charge in [-0.3, -0.25) is 14.4 Å². The summed E-state index contributed by atoms with van der Waals surface area (Å²) in [4.78, 5) is 47.1. The van der Waals surface area contributed by atoms with Gasteiger partial charge in [0.15, 0.2) is 0 Å². The summed E-state index contributed by atoms with van der Waals surface area (Å²) < 4.78 is 5.29. The molecule has 186 valence electrons. The number of benzene rings is 2. The fourth-order valence-electron chi connectivity index (χ4n) is 5.04. The van der Waals surface area contributed by atoms with Crippen molar-refractivity contribution in [3.05, 3.63) is 83.9 Å². The zero-order valence-electron chi connectivity index (χ0n) is 20.1. The minimum Gasteiger partial charge on any atom is -0.465 e. The van der Waals surface area contributed by atoms with Crippen LogP contribution in [0.2, 0.25) is 0 Å². The van der Waals surface area contributed by atoms with Gasteiger partial charge in [-0.1, -0.05) is 24.3 Å². The van der Waals surface area contributed by atoms with Crippen LogP contribution in [-0.2, 0) is 9.59 Å². The molecule has 0 bridgehead atoms. The van der Waals surface area contributed by atoms with Crippen molar-refractivity contribution in [2.75, 3.05) is 13.1 Å². The van der Waals surface area contributed by atoms with E-state index in [0.717, 1.165) is 22.4 Å². The first-order chi connectivity index (χ1) is 18.0. The first-order valence-electron chi connectivity index (χ1n) is 12.1.